The number of nitrogens with zero attached hydrogens (tertiary/aromatic N) is 3. The van der Waals surface area contributed by atoms with Gasteiger partial charge in [-0.25, -0.2) is 9.07 Å². The fourth-order valence-corrected chi connectivity index (χ4v) is 3.41. The smallest absolute Gasteiger partial charge is 0.280 e. The van der Waals surface area contributed by atoms with Gasteiger partial charge < -0.3 is 9.26 Å². The van der Waals surface area contributed by atoms with E-state index in [2.05, 4.69) is 10.3 Å². The number of hydrogen-bond acceptors (Lipinski definition) is 5. The van der Waals surface area contributed by atoms with Crippen LogP contribution in [-0.4, -0.2) is 22.0 Å². The molecule has 29 heavy (non-hydrogen) atoms. The van der Waals surface area contributed by atoms with Gasteiger partial charge in [0.05, 0.1) is 24.4 Å². The van der Waals surface area contributed by atoms with E-state index in [1.54, 1.807) is 19.1 Å². The minimum Gasteiger partial charge on any atom is -0.496 e. The summed E-state index contributed by atoms with van der Waals surface area (Å²) in [6.45, 7) is 3.52. The molecule has 0 saturated carbocycles. The van der Waals surface area contributed by atoms with Crippen molar-refractivity contribution in [1.82, 2.24) is 14.9 Å². The van der Waals surface area contributed by atoms with E-state index in [-0.39, 0.29) is 16.8 Å². The van der Waals surface area contributed by atoms with E-state index >= 15 is 0 Å². The summed E-state index contributed by atoms with van der Waals surface area (Å²) in [5, 5.41) is 9.34. The first-order valence-electron chi connectivity index (χ1n) is 8.89. The Labute approximate surface area is 170 Å². The van der Waals surface area contributed by atoms with Crippen LogP contribution in [0.2, 0.25) is 5.02 Å². The predicted octanol–water partition coefficient (Wildman–Crippen LogP) is 4.77. The predicted molar refractivity (Wildman–Crippen MR) is 108 cm³/mol. The second-order valence-corrected chi connectivity index (χ2v) is 7.08. The summed E-state index contributed by atoms with van der Waals surface area (Å²) in [6.07, 6.45) is 0. The maximum Gasteiger partial charge on any atom is 0.280 e. The van der Waals surface area contributed by atoms with E-state index < -0.39 is 11.9 Å². The van der Waals surface area contributed by atoms with E-state index in [0.717, 1.165) is 5.56 Å². The lowest BCUT2D eigenvalue weighted by Crippen LogP contribution is -2.27. The lowest BCUT2D eigenvalue weighted by molar-refractivity contribution is 0.414. The van der Waals surface area contributed by atoms with Crippen molar-refractivity contribution in [2.75, 3.05) is 7.11 Å². The lowest BCUT2D eigenvalue weighted by atomic mass is 10.1. The molecule has 0 radical (unpaired) electrons. The second kappa shape index (κ2) is 7.33. The van der Waals surface area contributed by atoms with Gasteiger partial charge in [-0.05, 0) is 49.7 Å². The van der Waals surface area contributed by atoms with Crippen LogP contribution in [0.3, 0.4) is 0 Å². The third-order valence-corrected chi connectivity index (χ3v) is 5.10. The van der Waals surface area contributed by atoms with Crippen LogP contribution in [0.1, 0.15) is 24.2 Å². The van der Waals surface area contributed by atoms with Crippen molar-refractivity contribution in [3.05, 3.63) is 74.9 Å². The van der Waals surface area contributed by atoms with Crippen LogP contribution in [-0.2, 0) is 0 Å². The van der Waals surface area contributed by atoms with Crippen LogP contribution in [0.4, 0.5) is 4.39 Å². The Kier molecular flexibility index (Phi) is 4.84. The van der Waals surface area contributed by atoms with Gasteiger partial charge in [0.2, 0.25) is 5.58 Å². The van der Waals surface area contributed by atoms with Gasteiger partial charge in [-0.15, -0.1) is 0 Å². The van der Waals surface area contributed by atoms with Crippen molar-refractivity contribution in [2.45, 2.75) is 19.9 Å². The monoisotopic (exact) mass is 413 g/mol. The summed E-state index contributed by atoms with van der Waals surface area (Å²) in [6, 6.07) is 10.8. The Bertz CT molecular complexity index is 1260. The molecular weight excluding hydrogens is 397 g/mol. The van der Waals surface area contributed by atoms with Gasteiger partial charge in [-0.3, -0.25) is 4.79 Å². The highest BCUT2D eigenvalue weighted by atomic mass is 35.5. The zero-order valence-electron chi connectivity index (χ0n) is 15.9. The Hall–Kier alpha value is -3.19. The highest BCUT2D eigenvalue weighted by Gasteiger charge is 2.24. The molecule has 1 atom stereocenters. The summed E-state index contributed by atoms with van der Waals surface area (Å²) < 4.78 is 26.1. The third kappa shape index (κ3) is 3.27. The molecule has 4 rings (SSSR count). The third-order valence-electron chi connectivity index (χ3n) is 4.84. The van der Waals surface area contributed by atoms with Crippen molar-refractivity contribution in [3.8, 4) is 17.0 Å². The molecule has 4 aromatic rings. The number of fused-ring (bicyclic) bond motifs is 1. The maximum absolute atomic E-state index is 14.0. The van der Waals surface area contributed by atoms with E-state index in [1.807, 2.05) is 19.1 Å². The van der Waals surface area contributed by atoms with E-state index in [0.29, 0.717) is 27.4 Å². The van der Waals surface area contributed by atoms with Gasteiger partial charge in [0, 0.05) is 5.02 Å². The first-order valence-corrected chi connectivity index (χ1v) is 9.26. The molecule has 1 unspecified atom stereocenters. The lowest BCUT2D eigenvalue weighted by Gasteiger charge is -2.16. The van der Waals surface area contributed by atoms with Crippen molar-refractivity contribution in [3.63, 3.8) is 0 Å². The fourth-order valence-electron chi connectivity index (χ4n) is 3.28. The van der Waals surface area contributed by atoms with Gasteiger partial charge in [-0.2, -0.15) is 5.10 Å². The molecule has 0 amide bonds. The average molecular weight is 414 g/mol. The van der Waals surface area contributed by atoms with Gasteiger partial charge in [0.1, 0.15) is 22.6 Å². The molecule has 0 spiro atoms. The van der Waals surface area contributed by atoms with Crippen molar-refractivity contribution in [1.29, 1.82) is 0 Å². The summed E-state index contributed by atoms with van der Waals surface area (Å²) >= 11 is 5.98. The summed E-state index contributed by atoms with van der Waals surface area (Å²) in [5.74, 6) is -0.0610. The molecule has 0 aliphatic rings. The number of benzene rings is 2. The molecule has 0 fully saturated rings. The number of halogens is 2. The second-order valence-electron chi connectivity index (χ2n) is 6.64. The van der Waals surface area contributed by atoms with Crippen molar-refractivity contribution >= 4 is 22.6 Å². The molecule has 148 valence electrons. The molecule has 0 aliphatic heterocycles. The fraction of sp³-hybridized carbons (Fsp3) is 0.190. The van der Waals surface area contributed by atoms with E-state index in [1.165, 1.54) is 30.0 Å². The van der Waals surface area contributed by atoms with Crippen molar-refractivity contribution < 1.29 is 13.7 Å². The Balaban J connectivity index is 2.02. The number of aromatic nitrogens is 3. The number of methoxy groups -OCH3 is 1. The van der Waals surface area contributed by atoms with Gasteiger partial charge >= 0.3 is 0 Å². The van der Waals surface area contributed by atoms with Gasteiger partial charge in [0.25, 0.3) is 5.56 Å². The van der Waals surface area contributed by atoms with Crippen molar-refractivity contribution in [2.24, 2.45) is 0 Å². The molecule has 0 bridgehead atoms. The number of ether oxygens (including phenoxy) is 1. The standard InChI is InChI=1S/C21H17ClFN3O3/c1-11-18-20(29-25-11)19(16-10-15(23)8-9-17(16)28-3)24-26(21(18)27)12(2)13-4-6-14(22)7-5-13/h4-10,12H,1-3H3. The van der Waals surface area contributed by atoms with E-state index in [9.17, 15) is 9.18 Å². The molecule has 0 aliphatic carbocycles. The molecule has 2 aromatic heterocycles. The Morgan fingerprint density at radius 2 is 1.93 bits per heavy atom. The van der Waals surface area contributed by atoms with E-state index in [4.69, 9.17) is 20.9 Å². The van der Waals surface area contributed by atoms with Crippen LogP contribution in [0.25, 0.3) is 22.2 Å². The molecule has 8 heteroatoms. The van der Waals surface area contributed by atoms with Gasteiger partial charge in [0.15, 0.2) is 0 Å². The summed E-state index contributed by atoms with van der Waals surface area (Å²) in [7, 11) is 1.48. The minimum absolute atomic E-state index is 0.191. The zero-order chi connectivity index (χ0) is 20.7. The highest BCUT2D eigenvalue weighted by Crippen LogP contribution is 2.34. The van der Waals surface area contributed by atoms with Crippen LogP contribution in [0.5, 0.6) is 5.75 Å². The number of rotatable bonds is 4. The van der Waals surface area contributed by atoms with Gasteiger partial charge in [-0.1, -0.05) is 28.9 Å². The normalized spacial score (nSPS) is 12.3. The summed E-state index contributed by atoms with van der Waals surface area (Å²) in [4.78, 5) is 13.2. The highest BCUT2D eigenvalue weighted by molar-refractivity contribution is 6.30. The molecule has 2 aromatic carbocycles. The largest absolute Gasteiger partial charge is 0.496 e. The van der Waals surface area contributed by atoms with Crippen LogP contribution >= 0.6 is 11.6 Å². The molecule has 0 N–H and O–H groups in total. The number of aryl methyl sites for hydroxylation is 1. The van der Waals surface area contributed by atoms with Crippen LogP contribution in [0, 0.1) is 12.7 Å². The topological polar surface area (TPSA) is 70.2 Å². The quantitative estimate of drug-likeness (QED) is 0.482. The molecule has 6 nitrogen and oxygen atoms in total. The first-order chi connectivity index (χ1) is 13.9. The average Bonchev–Trinajstić information content (AvgIpc) is 3.10. The molecule has 0 saturated heterocycles. The Morgan fingerprint density at radius 3 is 2.62 bits per heavy atom. The molecule has 2 heterocycles. The Morgan fingerprint density at radius 1 is 1.21 bits per heavy atom. The van der Waals surface area contributed by atoms with Crippen LogP contribution in [0.15, 0.2) is 51.8 Å². The zero-order valence-corrected chi connectivity index (χ0v) is 16.7. The maximum atomic E-state index is 14.0. The molecular formula is C21H17ClFN3O3. The first kappa shape index (κ1) is 19.1. The number of hydrogen-bond donors (Lipinski definition) is 0. The van der Waals surface area contributed by atoms with Crippen LogP contribution < -0.4 is 10.3 Å². The SMILES string of the molecule is COc1ccc(F)cc1-c1nn(C(C)c2ccc(Cl)cc2)c(=O)c2c(C)noc12. The minimum atomic E-state index is -0.463. The summed E-state index contributed by atoms with van der Waals surface area (Å²) in [5.41, 5.74) is 1.76.